The molecule has 2 fully saturated rings. The Balaban J connectivity index is 0.0000000800. The Morgan fingerprint density at radius 2 is 1.75 bits per heavy atom. The summed E-state index contributed by atoms with van der Waals surface area (Å²) in [7, 11) is 0. The molecule has 0 aromatic carbocycles. The molecular formula is C6H13NO. The predicted molar refractivity (Wildman–Crippen MR) is 32.9 cm³/mol. The van der Waals surface area contributed by atoms with Crippen LogP contribution in [0.3, 0.4) is 0 Å². The molecule has 2 atom stereocenters. The highest BCUT2D eigenvalue weighted by Gasteiger charge is 2.13. The molecule has 2 unspecified atom stereocenters. The Kier molecular flexibility index (Phi) is 1.86. The minimum absolute atomic E-state index is 0.583. The molecule has 2 rings (SSSR count). The number of hydrogen-bond donors (Lipinski definition) is 1. The zero-order valence-corrected chi connectivity index (χ0v) is 5.48. The van der Waals surface area contributed by atoms with E-state index >= 15 is 0 Å². The van der Waals surface area contributed by atoms with Crippen molar-refractivity contribution in [3.63, 3.8) is 0 Å². The van der Waals surface area contributed by atoms with Crippen molar-refractivity contribution in [2.45, 2.75) is 26.0 Å². The van der Waals surface area contributed by atoms with Crippen LogP contribution in [0.4, 0.5) is 0 Å². The van der Waals surface area contributed by atoms with Gasteiger partial charge in [0.15, 0.2) is 0 Å². The average molecular weight is 115 g/mol. The van der Waals surface area contributed by atoms with Crippen molar-refractivity contribution in [1.82, 2.24) is 5.32 Å². The fraction of sp³-hybridized carbons (Fsp3) is 1.00. The number of epoxide rings is 1. The molecule has 0 bridgehead atoms. The number of ether oxygens (including phenoxy) is 1. The summed E-state index contributed by atoms with van der Waals surface area (Å²) in [5.74, 6) is 0. The molecule has 0 aromatic rings. The van der Waals surface area contributed by atoms with E-state index in [4.69, 9.17) is 4.74 Å². The molecule has 0 aliphatic carbocycles. The SMILES string of the molecule is CC1CN1.CC1CO1. The summed E-state index contributed by atoms with van der Waals surface area (Å²) in [4.78, 5) is 0. The minimum Gasteiger partial charge on any atom is -0.373 e. The second kappa shape index (κ2) is 2.46. The summed E-state index contributed by atoms with van der Waals surface area (Å²) in [5.41, 5.74) is 0. The standard InChI is InChI=1S/C3H7N.C3H6O/c2*1-3-2-4-3/h3-4H,2H2,1H3;3H,2H2,1H3. The summed E-state index contributed by atoms with van der Waals surface area (Å²) in [6, 6.07) is 0.833. The van der Waals surface area contributed by atoms with Crippen LogP contribution in [0.2, 0.25) is 0 Å². The molecule has 2 heterocycles. The van der Waals surface area contributed by atoms with Crippen molar-refractivity contribution in [2.75, 3.05) is 13.2 Å². The van der Waals surface area contributed by atoms with E-state index in [9.17, 15) is 0 Å². The lowest BCUT2D eigenvalue weighted by Gasteiger charge is -1.53. The smallest absolute Gasteiger partial charge is 0.0781 e. The van der Waals surface area contributed by atoms with Gasteiger partial charge in [0, 0.05) is 12.6 Å². The van der Waals surface area contributed by atoms with Gasteiger partial charge >= 0.3 is 0 Å². The average Bonchev–Trinajstić information content (AvgIpc) is 2.47. The molecule has 48 valence electrons. The zero-order chi connectivity index (χ0) is 5.98. The van der Waals surface area contributed by atoms with Crippen LogP contribution in [-0.4, -0.2) is 25.3 Å². The molecule has 0 amide bonds. The zero-order valence-electron chi connectivity index (χ0n) is 5.48. The molecule has 2 aliphatic rings. The topological polar surface area (TPSA) is 34.5 Å². The lowest BCUT2D eigenvalue weighted by Crippen LogP contribution is -1.72. The normalized spacial score (nSPS) is 39.8. The van der Waals surface area contributed by atoms with Crippen LogP contribution in [0, 0.1) is 0 Å². The second-order valence-corrected chi connectivity index (χ2v) is 2.45. The third-order valence-electron chi connectivity index (χ3n) is 1.11. The van der Waals surface area contributed by atoms with Gasteiger partial charge in [0.05, 0.1) is 12.7 Å². The summed E-state index contributed by atoms with van der Waals surface area (Å²) in [6.45, 7) is 6.44. The lowest BCUT2D eigenvalue weighted by atomic mass is 10.6. The van der Waals surface area contributed by atoms with Crippen LogP contribution in [0.1, 0.15) is 13.8 Å². The molecule has 0 radical (unpaired) electrons. The molecular weight excluding hydrogens is 102 g/mol. The molecule has 1 N–H and O–H groups in total. The molecule has 0 aromatic heterocycles. The van der Waals surface area contributed by atoms with E-state index in [0.29, 0.717) is 6.10 Å². The van der Waals surface area contributed by atoms with Crippen molar-refractivity contribution in [2.24, 2.45) is 0 Å². The van der Waals surface area contributed by atoms with Gasteiger partial charge in [-0.2, -0.15) is 0 Å². The largest absolute Gasteiger partial charge is 0.373 e. The van der Waals surface area contributed by atoms with E-state index < -0.39 is 0 Å². The van der Waals surface area contributed by atoms with Gasteiger partial charge in [-0.05, 0) is 13.8 Å². The summed E-state index contributed by atoms with van der Waals surface area (Å²) in [5, 5.41) is 3.10. The summed E-state index contributed by atoms with van der Waals surface area (Å²) >= 11 is 0. The van der Waals surface area contributed by atoms with E-state index in [0.717, 1.165) is 12.6 Å². The molecule has 2 aliphatic heterocycles. The molecule has 2 nitrogen and oxygen atoms in total. The van der Waals surface area contributed by atoms with E-state index in [1.165, 1.54) is 6.54 Å². The van der Waals surface area contributed by atoms with Crippen molar-refractivity contribution in [3.8, 4) is 0 Å². The Labute approximate surface area is 50.2 Å². The van der Waals surface area contributed by atoms with Crippen LogP contribution in [0.25, 0.3) is 0 Å². The van der Waals surface area contributed by atoms with E-state index in [2.05, 4.69) is 19.2 Å². The Morgan fingerprint density at radius 3 is 1.75 bits per heavy atom. The molecule has 0 spiro atoms. The maximum atomic E-state index is 4.71. The second-order valence-electron chi connectivity index (χ2n) is 2.45. The summed E-state index contributed by atoms with van der Waals surface area (Å²) in [6.07, 6.45) is 0.583. The van der Waals surface area contributed by atoms with Crippen LogP contribution < -0.4 is 5.32 Å². The fourth-order valence-corrected chi connectivity index (χ4v) is 0.214. The van der Waals surface area contributed by atoms with Crippen LogP contribution in [0.15, 0.2) is 0 Å². The monoisotopic (exact) mass is 115 g/mol. The third kappa shape index (κ3) is 4.09. The van der Waals surface area contributed by atoms with Gasteiger partial charge in [-0.25, -0.2) is 0 Å². The van der Waals surface area contributed by atoms with Gasteiger partial charge in [-0.1, -0.05) is 0 Å². The lowest BCUT2D eigenvalue weighted by molar-refractivity contribution is 0.423. The number of hydrogen-bond acceptors (Lipinski definition) is 2. The maximum absolute atomic E-state index is 4.71. The summed E-state index contributed by atoms with van der Waals surface area (Å²) < 4.78 is 4.71. The first-order chi connectivity index (χ1) is 3.79. The number of nitrogens with one attached hydrogen (secondary N) is 1. The van der Waals surface area contributed by atoms with Crippen LogP contribution in [-0.2, 0) is 4.74 Å². The van der Waals surface area contributed by atoms with Crippen molar-refractivity contribution >= 4 is 0 Å². The van der Waals surface area contributed by atoms with Crippen LogP contribution in [0.5, 0.6) is 0 Å². The van der Waals surface area contributed by atoms with E-state index in [1.807, 2.05) is 0 Å². The van der Waals surface area contributed by atoms with E-state index in [-0.39, 0.29) is 0 Å². The highest BCUT2D eigenvalue weighted by molar-refractivity contribution is 4.76. The van der Waals surface area contributed by atoms with Crippen molar-refractivity contribution in [3.05, 3.63) is 0 Å². The highest BCUT2D eigenvalue weighted by Crippen LogP contribution is 2.04. The Bertz CT molecular complexity index is 56.9. The van der Waals surface area contributed by atoms with Gasteiger partial charge in [0.25, 0.3) is 0 Å². The molecule has 0 saturated carbocycles. The molecule has 8 heavy (non-hydrogen) atoms. The van der Waals surface area contributed by atoms with Crippen molar-refractivity contribution < 1.29 is 4.74 Å². The van der Waals surface area contributed by atoms with Gasteiger partial charge in [-0.3, -0.25) is 0 Å². The van der Waals surface area contributed by atoms with Gasteiger partial charge in [0.1, 0.15) is 0 Å². The quantitative estimate of drug-likeness (QED) is 0.463. The highest BCUT2D eigenvalue weighted by atomic mass is 16.6. The molecule has 2 saturated heterocycles. The maximum Gasteiger partial charge on any atom is 0.0781 e. The van der Waals surface area contributed by atoms with Crippen LogP contribution >= 0.6 is 0 Å². The first-order valence-corrected chi connectivity index (χ1v) is 3.14. The van der Waals surface area contributed by atoms with Crippen molar-refractivity contribution in [1.29, 1.82) is 0 Å². The third-order valence-corrected chi connectivity index (χ3v) is 1.11. The van der Waals surface area contributed by atoms with Gasteiger partial charge < -0.3 is 10.1 Å². The Morgan fingerprint density at radius 1 is 1.50 bits per heavy atom. The first kappa shape index (κ1) is 6.05. The van der Waals surface area contributed by atoms with E-state index in [1.54, 1.807) is 0 Å². The van der Waals surface area contributed by atoms with Gasteiger partial charge in [-0.15, -0.1) is 0 Å². The predicted octanol–water partition coefficient (Wildman–Crippen LogP) is 0.383. The Hall–Kier alpha value is -0.0800. The fourth-order valence-electron chi connectivity index (χ4n) is 0.214. The number of rotatable bonds is 0. The minimum atomic E-state index is 0.583. The first-order valence-electron chi connectivity index (χ1n) is 3.14. The van der Waals surface area contributed by atoms with Gasteiger partial charge in [0.2, 0.25) is 0 Å². The molecule has 2 heteroatoms.